The van der Waals surface area contributed by atoms with Gasteiger partial charge in [0.1, 0.15) is 9.84 Å². The second-order valence-corrected chi connectivity index (χ2v) is 8.86. The molecule has 0 saturated carbocycles. The molecule has 1 aromatic rings. The highest BCUT2D eigenvalue weighted by atomic mass is 32.2. The highest BCUT2D eigenvalue weighted by Crippen LogP contribution is 2.08. The average Bonchev–Trinajstić information content (AvgIpc) is 2.35. The zero-order chi connectivity index (χ0) is 13.6. The third kappa shape index (κ3) is 4.18. The number of sulfone groups is 1. The molecular weight excluding hydrogens is 272 g/mol. The summed E-state index contributed by atoms with van der Waals surface area (Å²) in [4.78, 5) is 0. The van der Waals surface area contributed by atoms with Crippen LogP contribution < -0.4 is 5.19 Å². The molecule has 102 valence electrons. The van der Waals surface area contributed by atoms with Gasteiger partial charge in [0.2, 0.25) is 0 Å². The fraction of sp³-hybridized carbons (Fsp3) is 0.455. The first-order valence-electron chi connectivity index (χ1n) is 5.41. The molecule has 0 aromatic heterocycles. The van der Waals surface area contributed by atoms with E-state index in [1.165, 1.54) is 20.5 Å². The van der Waals surface area contributed by atoms with Crippen LogP contribution in [0.1, 0.15) is 0 Å². The van der Waals surface area contributed by atoms with E-state index in [-0.39, 0.29) is 12.4 Å². The summed E-state index contributed by atoms with van der Waals surface area (Å²) in [6.07, 6.45) is 1.17. The Labute approximate surface area is 109 Å². The van der Waals surface area contributed by atoms with Crippen LogP contribution >= 0.6 is 0 Å². The minimum atomic E-state index is -3.06. The summed E-state index contributed by atoms with van der Waals surface area (Å²) in [5.41, 5.74) is 0. The molecule has 7 heteroatoms. The van der Waals surface area contributed by atoms with E-state index in [9.17, 15) is 8.42 Å². The number of hydrogen-bond acceptors (Lipinski definition) is 5. The third-order valence-electron chi connectivity index (χ3n) is 2.41. The van der Waals surface area contributed by atoms with Crippen molar-refractivity contribution in [2.45, 2.75) is 0 Å². The predicted octanol–water partition coefficient (Wildman–Crippen LogP) is 0.187. The van der Waals surface area contributed by atoms with Crippen molar-refractivity contribution in [2.75, 3.05) is 32.8 Å². The molecule has 0 aliphatic carbocycles. The molecule has 0 atom stereocenters. The quantitative estimate of drug-likeness (QED) is 0.671. The van der Waals surface area contributed by atoms with Gasteiger partial charge < -0.3 is 13.3 Å². The minimum absolute atomic E-state index is 0.0543. The monoisotopic (exact) mass is 290 g/mol. The fourth-order valence-electron chi connectivity index (χ4n) is 1.49. The number of hydrogen-bond donors (Lipinski definition) is 0. The first-order chi connectivity index (χ1) is 8.43. The Balaban J connectivity index is 2.82. The van der Waals surface area contributed by atoms with Gasteiger partial charge in [-0.05, 0) is 0 Å². The molecule has 5 nitrogen and oxygen atoms in total. The van der Waals surface area contributed by atoms with Crippen LogP contribution in [0.15, 0.2) is 30.3 Å². The van der Waals surface area contributed by atoms with Gasteiger partial charge in [0.15, 0.2) is 0 Å². The first-order valence-corrected chi connectivity index (χ1v) is 9.19. The highest BCUT2D eigenvalue weighted by molar-refractivity contribution is 7.90. The lowest BCUT2D eigenvalue weighted by atomic mass is 10.4. The van der Waals surface area contributed by atoms with Crippen molar-refractivity contribution in [3.8, 4) is 0 Å². The van der Waals surface area contributed by atoms with E-state index in [0.717, 1.165) is 5.19 Å². The number of rotatable bonds is 7. The molecule has 0 aliphatic heterocycles. The largest absolute Gasteiger partial charge is 0.536 e. The molecule has 1 rings (SSSR count). The molecule has 0 N–H and O–H groups in total. The van der Waals surface area contributed by atoms with Crippen molar-refractivity contribution in [1.29, 1.82) is 0 Å². The summed E-state index contributed by atoms with van der Waals surface area (Å²) >= 11 is 0. The van der Waals surface area contributed by atoms with Crippen LogP contribution in [0.5, 0.6) is 0 Å². The average molecular weight is 290 g/mol. The summed E-state index contributed by atoms with van der Waals surface area (Å²) < 4.78 is 38.5. The molecule has 0 unspecified atom stereocenters. The van der Waals surface area contributed by atoms with E-state index in [1.807, 2.05) is 30.3 Å². The van der Waals surface area contributed by atoms with Gasteiger partial charge in [0.05, 0.1) is 12.4 Å². The van der Waals surface area contributed by atoms with Crippen LogP contribution in [0, 0.1) is 0 Å². The van der Waals surface area contributed by atoms with E-state index < -0.39 is 18.6 Å². The molecule has 18 heavy (non-hydrogen) atoms. The van der Waals surface area contributed by atoms with Crippen LogP contribution in [0.25, 0.3) is 0 Å². The second kappa shape index (κ2) is 6.44. The Morgan fingerprint density at radius 1 is 1.11 bits per heavy atom. The Morgan fingerprint density at radius 2 is 1.67 bits per heavy atom. The Bertz CT molecular complexity index is 456. The summed E-state index contributed by atoms with van der Waals surface area (Å²) in [7, 11) is -3.04. The maximum absolute atomic E-state index is 11.1. The summed E-state index contributed by atoms with van der Waals surface area (Å²) in [6.45, 7) is 0.0572. The Hall–Kier alpha value is -0.733. The van der Waals surface area contributed by atoms with E-state index in [4.69, 9.17) is 13.3 Å². The minimum Gasteiger partial charge on any atom is -0.373 e. The summed E-state index contributed by atoms with van der Waals surface area (Å²) in [6, 6.07) is 9.29. The van der Waals surface area contributed by atoms with E-state index in [1.54, 1.807) is 0 Å². The van der Waals surface area contributed by atoms with Crippen molar-refractivity contribution >= 4 is 23.8 Å². The maximum Gasteiger partial charge on any atom is 0.536 e. The van der Waals surface area contributed by atoms with E-state index >= 15 is 0 Å². The van der Waals surface area contributed by atoms with Gasteiger partial charge in [-0.3, -0.25) is 0 Å². The molecular formula is C11H18O5SSi. The Kier molecular flexibility index (Phi) is 5.48. The zero-order valence-corrected chi connectivity index (χ0v) is 12.6. The standard InChI is InChI=1S/C11H18O5SSi/c1-14-18(15-2,11-7-5-4-6-8-11)16-9-10-17(3,12)13/h4-8H,9-10H2,1-3H3. The molecule has 0 spiro atoms. The van der Waals surface area contributed by atoms with Gasteiger partial charge in [-0.1, -0.05) is 30.3 Å². The van der Waals surface area contributed by atoms with Crippen LogP contribution in [0.2, 0.25) is 0 Å². The van der Waals surface area contributed by atoms with Crippen LogP contribution in [0.3, 0.4) is 0 Å². The first kappa shape index (κ1) is 15.3. The lowest BCUT2D eigenvalue weighted by Gasteiger charge is -2.26. The van der Waals surface area contributed by atoms with Crippen molar-refractivity contribution in [2.24, 2.45) is 0 Å². The molecule has 0 saturated heterocycles. The van der Waals surface area contributed by atoms with Crippen LogP contribution in [-0.4, -0.2) is 50.1 Å². The molecule has 0 aliphatic rings. The highest BCUT2D eigenvalue weighted by Gasteiger charge is 2.41. The topological polar surface area (TPSA) is 61.8 Å². The lowest BCUT2D eigenvalue weighted by molar-refractivity contribution is 0.120. The third-order valence-corrected chi connectivity index (χ3v) is 6.02. The smallest absolute Gasteiger partial charge is 0.373 e. The van der Waals surface area contributed by atoms with Gasteiger partial charge in [-0.15, -0.1) is 0 Å². The molecule has 1 aromatic carbocycles. The second-order valence-electron chi connectivity index (χ2n) is 3.81. The van der Waals surface area contributed by atoms with Crippen LogP contribution in [0.4, 0.5) is 0 Å². The van der Waals surface area contributed by atoms with Gasteiger partial charge >= 0.3 is 8.80 Å². The van der Waals surface area contributed by atoms with Gasteiger partial charge in [0, 0.05) is 25.7 Å². The molecule has 0 amide bonds. The van der Waals surface area contributed by atoms with E-state index in [2.05, 4.69) is 0 Å². The predicted molar refractivity (Wildman–Crippen MR) is 71.5 cm³/mol. The summed E-state index contributed by atoms with van der Waals surface area (Å²) in [5, 5.41) is 0.809. The Morgan fingerprint density at radius 3 is 2.11 bits per heavy atom. The van der Waals surface area contributed by atoms with Gasteiger partial charge in [0.25, 0.3) is 0 Å². The maximum atomic E-state index is 11.1. The molecule has 0 fully saturated rings. The van der Waals surface area contributed by atoms with Crippen molar-refractivity contribution in [1.82, 2.24) is 0 Å². The lowest BCUT2D eigenvalue weighted by Crippen LogP contribution is -2.55. The van der Waals surface area contributed by atoms with Gasteiger partial charge in [-0.25, -0.2) is 8.42 Å². The fourth-order valence-corrected chi connectivity index (χ4v) is 4.04. The molecule has 0 heterocycles. The zero-order valence-electron chi connectivity index (χ0n) is 10.8. The van der Waals surface area contributed by atoms with Crippen molar-refractivity contribution in [3.63, 3.8) is 0 Å². The van der Waals surface area contributed by atoms with E-state index in [0.29, 0.717) is 0 Å². The normalized spacial score (nSPS) is 12.6. The SMILES string of the molecule is CO[Si](OC)(OCCS(C)(=O)=O)c1ccccc1. The van der Waals surface area contributed by atoms with Crippen molar-refractivity contribution < 1.29 is 21.7 Å². The van der Waals surface area contributed by atoms with Crippen molar-refractivity contribution in [3.05, 3.63) is 30.3 Å². The molecule has 0 radical (unpaired) electrons. The summed E-state index contributed by atoms with van der Waals surface area (Å²) in [5.74, 6) is -0.0543. The number of benzene rings is 1. The van der Waals surface area contributed by atoms with Crippen LogP contribution in [-0.2, 0) is 23.1 Å². The van der Waals surface area contributed by atoms with Gasteiger partial charge in [-0.2, -0.15) is 0 Å². The molecule has 0 bridgehead atoms.